The number of rotatable bonds is 38. The van der Waals surface area contributed by atoms with Crippen LogP contribution < -0.4 is 0 Å². The maximum Gasteiger partial charge on any atom is 0.472 e. The Kier molecular flexibility index (Phi) is 34.9. The summed E-state index contributed by atoms with van der Waals surface area (Å²) in [7, 11) is -9.81. The minimum atomic E-state index is -4.91. The molecular weight excluding hydrogens is 894 g/mol. The largest absolute Gasteiger partial charge is 0.472 e. The molecule has 0 aliphatic heterocycles. The van der Waals surface area contributed by atoms with Crippen LogP contribution in [-0.4, -0.2) is 104 Å². The van der Waals surface area contributed by atoms with Crippen molar-refractivity contribution in [3.05, 3.63) is 97.2 Å². The molecule has 1 fully saturated rings. The molecule has 1 rings (SSSR count). The summed E-state index contributed by atoms with van der Waals surface area (Å²) < 4.78 is 47.7. The van der Waals surface area contributed by atoms with Gasteiger partial charge in [-0.1, -0.05) is 130 Å². The molecule has 0 spiro atoms. The number of hydrogen-bond acceptors (Lipinski definition) is 13. The quantitative estimate of drug-likeness (QED) is 0.0132. The van der Waals surface area contributed by atoms with Gasteiger partial charge in [0.2, 0.25) is 0 Å². The van der Waals surface area contributed by atoms with Crippen molar-refractivity contribution in [1.82, 2.24) is 0 Å². The Bertz CT molecular complexity index is 1650. The maximum absolute atomic E-state index is 12.8. The van der Waals surface area contributed by atoms with Crippen LogP contribution in [0.3, 0.4) is 0 Å². The third kappa shape index (κ3) is 34.2. The van der Waals surface area contributed by atoms with E-state index in [-0.39, 0.29) is 31.1 Å². The van der Waals surface area contributed by atoms with Gasteiger partial charge < -0.3 is 44.6 Å². The Balaban J connectivity index is 2.61. The molecule has 0 saturated heterocycles. The molecule has 1 aliphatic carbocycles. The highest BCUT2D eigenvalue weighted by molar-refractivity contribution is 7.47. The second-order valence-electron chi connectivity index (χ2n) is 15.9. The highest BCUT2D eigenvalue weighted by atomic mass is 31.2. The Morgan fingerprint density at radius 1 is 0.636 bits per heavy atom. The first kappa shape index (κ1) is 60.9. The van der Waals surface area contributed by atoms with Gasteiger partial charge in [-0.05, 0) is 76.5 Å². The number of carbonyl (C=O) groups excluding carboxylic acids is 2. The van der Waals surface area contributed by atoms with Crippen LogP contribution in [0.5, 0.6) is 0 Å². The second kappa shape index (κ2) is 37.8. The Morgan fingerprint density at radius 2 is 1.20 bits per heavy atom. The molecule has 1 unspecified atom stereocenters. The lowest BCUT2D eigenvalue weighted by Gasteiger charge is -2.20. The molecule has 1 saturated carbocycles. The average molecular weight is 973 g/mol. The Morgan fingerprint density at radius 3 is 1.79 bits per heavy atom. The topological polar surface area (TPSA) is 256 Å². The van der Waals surface area contributed by atoms with E-state index in [0.717, 1.165) is 51.4 Å². The molecule has 0 bridgehead atoms. The molecule has 18 heteroatoms. The van der Waals surface area contributed by atoms with Crippen molar-refractivity contribution in [2.45, 2.75) is 154 Å². The zero-order valence-electron chi connectivity index (χ0n) is 38.8. The summed E-state index contributed by atoms with van der Waals surface area (Å²) in [4.78, 5) is 53.0. The second-order valence-corrected chi connectivity index (χ2v) is 18.6. The fourth-order valence-corrected chi connectivity index (χ4v) is 7.64. The van der Waals surface area contributed by atoms with Crippen LogP contribution >= 0.6 is 15.6 Å². The van der Waals surface area contributed by atoms with Crippen LogP contribution in [0.2, 0.25) is 0 Å². The van der Waals surface area contributed by atoms with Crippen molar-refractivity contribution >= 4 is 27.6 Å². The highest BCUT2D eigenvalue weighted by Crippen LogP contribution is 2.44. The lowest BCUT2D eigenvalue weighted by Crippen LogP contribution is -2.29. The average Bonchev–Trinajstić information content (AvgIpc) is 3.54. The highest BCUT2D eigenvalue weighted by Gasteiger charge is 2.39. The van der Waals surface area contributed by atoms with E-state index in [1.165, 1.54) is 0 Å². The van der Waals surface area contributed by atoms with Gasteiger partial charge in [-0.2, -0.15) is 0 Å². The lowest BCUT2D eigenvalue weighted by molar-refractivity contribution is -0.161. The molecule has 0 aromatic heterocycles. The summed E-state index contributed by atoms with van der Waals surface area (Å²) in [6.07, 6.45) is 37.9. The van der Waals surface area contributed by atoms with Gasteiger partial charge >= 0.3 is 27.6 Å². The number of esters is 2. The zero-order valence-corrected chi connectivity index (χ0v) is 40.6. The summed E-state index contributed by atoms with van der Waals surface area (Å²) in [5.74, 6) is -1.87. The van der Waals surface area contributed by atoms with Crippen molar-refractivity contribution in [3.63, 3.8) is 0 Å². The van der Waals surface area contributed by atoms with Gasteiger partial charge in [-0.15, -0.1) is 0 Å². The number of unbranched alkanes of at least 4 members (excludes halogenated alkanes) is 3. The first-order valence-corrected chi connectivity index (χ1v) is 26.2. The molecule has 0 amide bonds. The van der Waals surface area contributed by atoms with Crippen LogP contribution in [-0.2, 0) is 41.8 Å². The van der Waals surface area contributed by atoms with Crippen molar-refractivity contribution in [1.29, 1.82) is 0 Å². The number of carbonyl (C=O) groups is 2. The summed E-state index contributed by atoms with van der Waals surface area (Å²) in [6.45, 7) is 1.17. The van der Waals surface area contributed by atoms with E-state index in [1.54, 1.807) is 12.2 Å². The van der Waals surface area contributed by atoms with Gasteiger partial charge in [-0.3, -0.25) is 23.2 Å². The predicted molar refractivity (Wildman–Crippen MR) is 255 cm³/mol. The van der Waals surface area contributed by atoms with E-state index in [4.69, 9.17) is 23.8 Å². The van der Waals surface area contributed by atoms with Crippen LogP contribution in [0.4, 0.5) is 0 Å². The van der Waals surface area contributed by atoms with Crippen LogP contribution in [0, 0.1) is 11.8 Å². The van der Waals surface area contributed by atoms with Crippen molar-refractivity contribution in [2.24, 2.45) is 11.8 Å². The van der Waals surface area contributed by atoms with E-state index in [2.05, 4.69) is 77.6 Å². The molecule has 0 radical (unpaired) electrons. The molecular formula is C48H78O16P2. The standard InChI is InChI=1S/C48H78O16P2/c1-3-5-7-8-9-10-11-12-13-14-15-16-17-18-19-20-21-22-27-31-47(53)60-38-42(39-63-66(58,59)62-37-41(50)36-61-65(55,56)57)64-48(54)32-28-24-23-26-30-43-44(46(52)35-45(43)51)34-33-40(49)29-25-6-4-2/h5,7,9-10,12-13,15-16,18-19,21-23,26,33-34,40-46,49-52H,3-4,6,8,11,14,17,20,24-25,27-32,35-39H2,1-2H3,(H,58,59)(H2,55,56,57)/b7-5-,10-9-,13-12-,16-15-,19-18-,22-21-,26-23+,34-33+/t40-,41-,42+,43+,44+,45-,46+/m0/s1. The number of phosphoric ester groups is 2. The number of ether oxygens (including phenoxy) is 2. The monoisotopic (exact) mass is 972 g/mol. The summed E-state index contributed by atoms with van der Waals surface area (Å²) in [5.41, 5.74) is 0. The first-order chi connectivity index (χ1) is 31.6. The Hall–Kier alpha value is -3.08. The van der Waals surface area contributed by atoms with Gasteiger partial charge in [0.15, 0.2) is 6.10 Å². The zero-order chi connectivity index (χ0) is 48.9. The molecule has 0 heterocycles. The molecule has 1 aliphatic rings. The van der Waals surface area contributed by atoms with Gasteiger partial charge in [0.05, 0.1) is 38.1 Å². The van der Waals surface area contributed by atoms with Crippen LogP contribution in [0.15, 0.2) is 97.2 Å². The van der Waals surface area contributed by atoms with Crippen molar-refractivity contribution in [2.75, 3.05) is 26.4 Å². The number of phosphoric acid groups is 2. The van der Waals surface area contributed by atoms with E-state index < -0.39 is 84.5 Å². The van der Waals surface area contributed by atoms with E-state index in [0.29, 0.717) is 38.5 Å². The molecule has 0 aromatic rings. The molecule has 8 atom stereocenters. The molecule has 7 N–H and O–H groups in total. The summed E-state index contributed by atoms with van der Waals surface area (Å²) in [6, 6.07) is 0. The number of aliphatic hydroxyl groups excluding tert-OH is 4. The number of hydrogen-bond donors (Lipinski definition) is 7. The third-order valence-corrected chi connectivity index (χ3v) is 11.5. The van der Waals surface area contributed by atoms with Gasteiger partial charge in [-0.25, -0.2) is 9.13 Å². The van der Waals surface area contributed by atoms with Gasteiger partial charge in [0.25, 0.3) is 0 Å². The van der Waals surface area contributed by atoms with Gasteiger partial charge in [0, 0.05) is 25.2 Å². The van der Waals surface area contributed by atoms with Crippen LogP contribution in [0.1, 0.15) is 123 Å². The van der Waals surface area contributed by atoms with Gasteiger partial charge in [0.1, 0.15) is 12.7 Å². The van der Waals surface area contributed by atoms with E-state index in [9.17, 15) is 44.0 Å². The van der Waals surface area contributed by atoms with Crippen molar-refractivity contribution in [3.8, 4) is 0 Å². The molecule has 0 aromatic carbocycles. The number of allylic oxidation sites excluding steroid dienone is 14. The summed E-state index contributed by atoms with van der Waals surface area (Å²) in [5, 5.41) is 41.1. The smallest absolute Gasteiger partial charge is 0.462 e. The molecule has 66 heavy (non-hydrogen) atoms. The first-order valence-electron chi connectivity index (χ1n) is 23.2. The third-order valence-electron chi connectivity index (χ3n) is 10.0. The SMILES string of the molecule is CC/C=C\C/C=C\C/C=C\C/C=C\C/C=C\C/C=C\CCC(=O)OC[C@H](COP(=O)(O)OC[C@@H](O)COP(=O)(O)O)OC(=O)CCC/C=C/C[C@@H]1[C@@H](/C=C/[C@@H](O)CCCCC)[C@H](O)C[C@@H]1O. The minimum absolute atomic E-state index is 0.0150. The normalized spacial score (nSPS) is 20.9. The molecule has 16 nitrogen and oxygen atoms in total. The fraction of sp³-hybridized carbons (Fsp3) is 0.625. The number of aliphatic hydroxyl groups is 4. The maximum atomic E-state index is 12.8. The fourth-order valence-electron chi connectivity index (χ4n) is 6.48. The van der Waals surface area contributed by atoms with E-state index in [1.807, 2.05) is 30.4 Å². The Labute approximate surface area is 392 Å². The van der Waals surface area contributed by atoms with E-state index >= 15 is 0 Å². The minimum Gasteiger partial charge on any atom is -0.462 e. The van der Waals surface area contributed by atoms with Crippen LogP contribution in [0.25, 0.3) is 0 Å². The lowest BCUT2D eigenvalue weighted by atomic mass is 9.89. The predicted octanol–water partition coefficient (Wildman–Crippen LogP) is 8.50. The molecule has 376 valence electrons. The summed E-state index contributed by atoms with van der Waals surface area (Å²) >= 11 is 0. The van der Waals surface area contributed by atoms with Crippen molar-refractivity contribution < 1.29 is 76.9 Å².